The number of halogens is 5. The Morgan fingerprint density at radius 2 is 1.72 bits per heavy atom. The molecule has 1 aliphatic heterocycles. The lowest BCUT2D eigenvalue weighted by atomic mass is 9.92. The van der Waals surface area contributed by atoms with Crippen LogP contribution in [-0.4, -0.2) is 30.2 Å². The van der Waals surface area contributed by atoms with Crippen LogP contribution in [0, 0.1) is 25.5 Å². The van der Waals surface area contributed by atoms with Crippen LogP contribution in [0.25, 0.3) is 11.1 Å². The molecule has 1 N–H and O–H groups in total. The predicted octanol–water partition coefficient (Wildman–Crippen LogP) is 6.94. The van der Waals surface area contributed by atoms with E-state index < -0.39 is 64.9 Å². The van der Waals surface area contributed by atoms with E-state index in [9.17, 15) is 27.6 Å². The Kier molecular flexibility index (Phi) is 9.10. The average molecular weight is 657 g/mol. The zero-order chi connectivity index (χ0) is 34.2. The van der Waals surface area contributed by atoms with Gasteiger partial charge in [0.2, 0.25) is 5.91 Å². The number of aromatic nitrogens is 1. The van der Waals surface area contributed by atoms with Crippen molar-refractivity contribution in [3.05, 3.63) is 111 Å². The molecule has 0 radical (unpaired) electrons. The fraction of sp³-hybridized carbons (Fsp3) is 0.265. The number of hydrogen-bond acceptors (Lipinski definition) is 6. The highest BCUT2D eigenvalue weighted by molar-refractivity contribution is 5.85. The first-order chi connectivity index (χ1) is 22.2. The lowest BCUT2D eigenvalue weighted by molar-refractivity contribution is -0.144. The van der Waals surface area contributed by atoms with E-state index in [0.29, 0.717) is 33.1 Å². The summed E-state index contributed by atoms with van der Waals surface area (Å²) in [5.41, 5.74) is -1.38. The Morgan fingerprint density at radius 3 is 2.38 bits per heavy atom. The quantitative estimate of drug-likeness (QED) is 0.185. The van der Waals surface area contributed by atoms with Gasteiger partial charge in [0.25, 0.3) is 5.56 Å². The van der Waals surface area contributed by atoms with E-state index in [-0.39, 0.29) is 35.3 Å². The summed E-state index contributed by atoms with van der Waals surface area (Å²) in [5.74, 6) is -3.06. The van der Waals surface area contributed by atoms with Gasteiger partial charge in [0.05, 0.1) is 31.7 Å². The monoisotopic (exact) mass is 656 g/mol. The number of methoxy groups -OCH3 is 1. The number of amides is 1. The molecular formula is C34H29F5N2O6. The number of alkyl halides is 3. The number of carbonyl (C=O) groups excluding carboxylic acids is 2. The third kappa shape index (κ3) is 6.69. The van der Waals surface area contributed by atoms with Gasteiger partial charge in [0, 0.05) is 35.0 Å². The molecule has 0 saturated heterocycles. The number of nitrogens with zero attached hydrogens (tertiary/aromatic N) is 1. The Bertz CT molecular complexity index is 1940. The minimum Gasteiger partial charge on any atom is -0.497 e. The third-order valence-corrected chi connectivity index (χ3v) is 7.74. The molecule has 1 amide bonds. The van der Waals surface area contributed by atoms with Gasteiger partial charge < -0.3 is 19.5 Å². The van der Waals surface area contributed by atoms with Crippen LogP contribution in [0.1, 0.15) is 53.2 Å². The first-order valence-corrected chi connectivity index (χ1v) is 14.4. The standard InChI is InChI=1S/C34H29F5N2O6/c1-5-46-29(43)16-26-24-12-19(10-18(3)31(24)36)30-17(2)11-22(45-4)15-27(30)47-21-6-7-25(35)23(14-21)32(33(44)40-26)41-9-8-20(13-28(41)42)34(37,38)39/h6-15,26,32H,5,16H2,1-4H3,(H,40,44)/t26-,32-/m0/s1. The highest BCUT2D eigenvalue weighted by Crippen LogP contribution is 2.42. The van der Waals surface area contributed by atoms with Gasteiger partial charge in [-0.2, -0.15) is 13.2 Å². The highest BCUT2D eigenvalue weighted by Gasteiger charge is 2.35. The van der Waals surface area contributed by atoms with E-state index in [0.717, 1.165) is 18.3 Å². The molecule has 0 fully saturated rings. The molecule has 4 aromatic rings. The Labute approximate surface area is 265 Å². The van der Waals surface area contributed by atoms with Crippen molar-refractivity contribution in [3.8, 4) is 28.4 Å². The van der Waals surface area contributed by atoms with Gasteiger partial charge in [-0.25, -0.2) is 8.78 Å². The largest absolute Gasteiger partial charge is 0.497 e. The topological polar surface area (TPSA) is 95.9 Å². The summed E-state index contributed by atoms with van der Waals surface area (Å²) in [6.45, 7) is 4.80. The van der Waals surface area contributed by atoms with E-state index in [1.807, 2.05) is 0 Å². The molecule has 13 heteroatoms. The van der Waals surface area contributed by atoms with Crippen LogP contribution in [0.5, 0.6) is 17.2 Å². The number of hydrogen-bond donors (Lipinski definition) is 1. The number of aryl methyl sites for hydroxylation is 2. The van der Waals surface area contributed by atoms with Crippen LogP contribution in [0.3, 0.4) is 0 Å². The zero-order valence-corrected chi connectivity index (χ0v) is 25.6. The van der Waals surface area contributed by atoms with E-state index in [1.165, 1.54) is 26.2 Å². The number of benzene rings is 3. The maximum atomic E-state index is 15.9. The van der Waals surface area contributed by atoms with E-state index >= 15 is 8.78 Å². The molecule has 8 nitrogen and oxygen atoms in total. The molecule has 47 heavy (non-hydrogen) atoms. The first kappa shape index (κ1) is 33.2. The molecule has 1 aliphatic rings. The Morgan fingerprint density at radius 1 is 0.979 bits per heavy atom. The molecule has 1 aromatic heterocycles. The van der Waals surface area contributed by atoms with Crippen LogP contribution in [0.15, 0.2) is 65.6 Å². The fourth-order valence-electron chi connectivity index (χ4n) is 5.58. The van der Waals surface area contributed by atoms with Crippen LogP contribution in [-0.2, 0) is 20.5 Å². The summed E-state index contributed by atoms with van der Waals surface area (Å²) in [6.07, 6.45) is -4.72. The summed E-state index contributed by atoms with van der Waals surface area (Å²) in [7, 11) is 1.44. The van der Waals surface area contributed by atoms with E-state index in [4.69, 9.17) is 14.2 Å². The van der Waals surface area contributed by atoms with Crippen molar-refractivity contribution >= 4 is 11.9 Å². The van der Waals surface area contributed by atoms with Gasteiger partial charge in [0.15, 0.2) is 0 Å². The summed E-state index contributed by atoms with van der Waals surface area (Å²) in [6, 6.07) is 7.18. The average Bonchev–Trinajstić information content (AvgIpc) is 3.00. The second-order valence-electron chi connectivity index (χ2n) is 10.9. The van der Waals surface area contributed by atoms with Crippen LogP contribution in [0.4, 0.5) is 22.0 Å². The molecule has 0 saturated carbocycles. The molecule has 0 aliphatic carbocycles. The molecule has 246 valence electrons. The molecule has 0 spiro atoms. The number of carbonyl (C=O) groups is 2. The van der Waals surface area contributed by atoms with Crippen LogP contribution < -0.4 is 20.3 Å². The molecular weight excluding hydrogens is 627 g/mol. The fourth-order valence-corrected chi connectivity index (χ4v) is 5.58. The minimum absolute atomic E-state index is 0.00874. The molecule has 2 heterocycles. The van der Waals surface area contributed by atoms with Crippen molar-refractivity contribution in [2.75, 3.05) is 13.7 Å². The minimum atomic E-state index is -4.87. The van der Waals surface area contributed by atoms with Gasteiger partial charge in [-0.15, -0.1) is 0 Å². The van der Waals surface area contributed by atoms with Gasteiger partial charge in [0.1, 0.15) is 34.9 Å². The second kappa shape index (κ2) is 12.9. The number of nitrogens with one attached hydrogen (secondary N) is 1. The maximum Gasteiger partial charge on any atom is 0.416 e. The number of fused-ring (bicyclic) bond motifs is 6. The first-order valence-electron chi connectivity index (χ1n) is 14.4. The van der Waals surface area contributed by atoms with Gasteiger partial charge in [-0.3, -0.25) is 19.0 Å². The predicted molar refractivity (Wildman–Crippen MR) is 160 cm³/mol. The Balaban J connectivity index is 1.82. The normalized spacial score (nSPS) is 16.1. The maximum absolute atomic E-state index is 15.9. The molecule has 4 bridgehead atoms. The zero-order valence-electron chi connectivity index (χ0n) is 25.6. The van der Waals surface area contributed by atoms with Crippen LogP contribution >= 0.6 is 0 Å². The van der Waals surface area contributed by atoms with E-state index in [1.54, 1.807) is 32.0 Å². The summed E-state index contributed by atoms with van der Waals surface area (Å²) in [4.78, 5) is 40.0. The number of pyridine rings is 1. The van der Waals surface area contributed by atoms with Crippen molar-refractivity contribution < 1.29 is 45.8 Å². The van der Waals surface area contributed by atoms with Gasteiger partial charge >= 0.3 is 12.1 Å². The second-order valence-corrected chi connectivity index (χ2v) is 10.9. The lowest BCUT2D eigenvalue weighted by Crippen LogP contribution is -2.41. The Hall–Kier alpha value is -5.20. The summed E-state index contributed by atoms with van der Waals surface area (Å²) in [5, 5.41) is 2.55. The van der Waals surface area contributed by atoms with Crippen LogP contribution in [0.2, 0.25) is 0 Å². The van der Waals surface area contributed by atoms with Crippen molar-refractivity contribution in [3.63, 3.8) is 0 Å². The lowest BCUT2D eigenvalue weighted by Gasteiger charge is -2.26. The molecule has 3 aromatic carbocycles. The SMILES string of the molecule is CCOC(=O)C[C@@H]1NC(=O)[C@@H](n2ccc(C(F)(F)F)cc2=O)c2cc(ccc2F)Oc2cc(OC)cc(C)c2-c2cc(C)c(F)c1c2. The number of rotatable bonds is 5. The smallest absolute Gasteiger partial charge is 0.416 e. The van der Waals surface area contributed by atoms with Crippen molar-refractivity contribution in [1.82, 2.24) is 9.88 Å². The molecule has 2 atom stereocenters. The van der Waals surface area contributed by atoms with Gasteiger partial charge in [-0.05, 0) is 79.9 Å². The molecule has 5 rings (SSSR count). The number of ether oxygens (including phenoxy) is 3. The molecule has 0 unspecified atom stereocenters. The highest BCUT2D eigenvalue weighted by atomic mass is 19.4. The third-order valence-electron chi connectivity index (χ3n) is 7.74. The van der Waals surface area contributed by atoms with Crippen molar-refractivity contribution in [1.29, 1.82) is 0 Å². The van der Waals surface area contributed by atoms with Gasteiger partial charge in [-0.1, -0.05) is 0 Å². The number of esters is 1. The van der Waals surface area contributed by atoms with E-state index in [2.05, 4.69) is 5.32 Å². The van der Waals surface area contributed by atoms with Crippen molar-refractivity contribution in [2.45, 2.75) is 45.5 Å². The summed E-state index contributed by atoms with van der Waals surface area (Å²) >= 11 is 0. The van der Waals surface area contributed by atoms with Crippen molar-refractivity contribution in [2.24, 2.45) is 0 Å². The summed E-state index contributed by atoms with van der Waals surface area (Å²) < 4.78 is 89.1.